The number of anilines is 1. The summed E-state index contributed by atoms with van der Waals surface area (Å²) < 4.78 is 16.4. The summed E-state index contributed by atoms with van der Waals surface area (Å²) in [4.78, 5) is 21.0. The monoisotopic (exact) mass is 399 g/mol. The molecule has 0 radical (unpaired) electrons. The fourth-order valence-electron chi connectivity index (χ4n) is 3.56. The van der Waals surface area contributed by atoms with E-state index in [-0.39, 0.29) is 12.7 Å². The Kier molecular flexibility index (Phi) is 6.80. The molecule has 7 nitrogen and oxygen atoms in total. The van der Waals surface area contributed by atoms with Crippen molar-refractivity contribution in [3.8, 4) is 11.6 Å². The number of piperazine rings is 1. The number of pyridine rings is 1. The minimum absolute atomic E-state index is 0.148. The molecule has 0 atom stereocenters. The lowest BCUT2D eigenvalue weighted by Gasteiger charge is -2.36. The number of benzene rings is 1. The highest BCUT2D eigenvalue weighted by Crippen LogP contribution is 2.28. The molecular formula is C22H29N3O4. The van der Waals surface area contributed by atoms with Crippen LogP contribution in [0.5, 0.6) is 11.6 Å². The van der Waals surface area contributed by atoms with Crippen LogP contribution < -0.4 is 14.4 Å². The molecule has 1 amide bonds. The van der Waals surface area contributed by atoms with Crippen molar-refractivity contribution in [1.82, 2.24) is 9.88 Å². The van der Waals surface area contributed by atoms with E-state index in [4.69, 9.17) is 14.2 Å². The second-order valence-electron chi connectivity index (χ2n) is 6.96. The Hall–Kier alpha value is -2.96. The van der Waals surface area contributed by atoms with Crippen LogP contribution in [-0.4, -0.2) is 56.4 Å². The molecule has 2 heterocycles. The fourth-order valence-corrected chi connectivity index (χ4v) is 3.56. The number of para-hydroxylation sites is 2. The molecule has 1 aromatic heterocycles. The van der Waals surface area contributed by atoms with Gasteiger partial charge in [0.2, 0.25) is 5.88 Å². The van der Waals surface area contributed by atoms with Crippen LogP contribution in [-0.2, 0) is 17.8 Å². The van der Waals surface area contributed by atoms with E-state index in [1.54, 1.807) is 19.1 Å². The topological polar surface area (TPSA) is 64.1 Å². The van der Waals surface area contributed by atoms with Gasteiger partial charge in [0.15, 0.2) is 0 Å². The van der Waals surface area contributed by atoms with Crippen molar-refractivity contribution < 1.29 is 19.0 Å². The first kappa shape index (κ1) is 20.8. The quantitative estimate of drug-likeness (QED) is 0.742. The molecule has 1 saturated heterocycles. The standard InChI is InChI=1S/C22H29N3O4/c1-5-17-14-18(21(28-4)23-16(17)2)15-29-22(26)25-12-10-24(11-13-25)19-8-6-7-9-20(19)27-3/h6-9,14H,5,10-13,15H2,1-4H3. The third-order valence-corrected chi connectivity index (χ3v) is 5.25. The van der Waals surface area contributed by atoms with Crippen LogP contribution in [0.25, 0.3) is 0 Å². The van der Waals surface area contributed by atoms with E-state index in [1.807, 2.05) is 37.3 Å². The lowest BCUT2D eigenvalue weighted by atomic mass is 10.1. The highest BCUT2D eigenvalue weighted by Gasteiger charge is 2.24. The number of methoxy groups -OCH3 is 2. The number of nitrogens with zero attached hydrogens (tertiary/aromatic N) is 3. The molecule has 1 aliphatic rings. The molecule has 1 fully saturated rings. The number of aryl methyl sites for hydroxylation is 2. The summed E-state index contributed by atoms with van der Waals surface area (Å²) in [7, 11) is 3.25. The molecule has 0 N–H and O–H groups in total. The Morgan fingerprint density at radius 1 is 1.07 bits per heavy atom. The summed E-state index contributed by atoms with van der Waals surface area (Å²) in [6.07, 6.45) is 0.555. The average molecular weight is 399 g/mol. The van der Waals surface area contributed by atoms with Crippen molar-refractivity contribution >= 4 is 11.8 Å². The van der Waals surface area contributed by atoms with Gasteiger partial charge in [0.25, 0.3) is 0 Å². The molecule has 2 aromatic rings. The van der Waals surface area contributed by atoms with E-state index in [0.29, 0.717) is 19.0 Å². The van der Waals surface area contributed by atoms with Crippen LogP contribution in [0.4, 0.5) is 10.5 Å². The summed E-state index contributed by atoms with van der Waals surface area (Å²) in [6, 6.07) is 9.94. The van der Waals surface area contributed by atoms with Crippen molar-refractivity contribution in [2.45, 2.75) is 26.9 Å². The Labute approximate surface area is 172 Å². The van der Waals surface area contributed by atoms with E-state index in [0.717, 1.165) is 47.8 Å². The first-order chi connectivity index (χ1) is 14.1. The number of hydrogen-bond acceptors (Lipinski definition) is 6. The minimum atomic E-state index is -0.314. The Morgan fingerprint density at radius 3 is 2.45 bits per heavy atom. The fraction of sp³-hybridized carbons (Fsp3) is 0.455. The molecular weight excluding hydrogens is 370 g/mol. The second kappa shape index (κ2) is 9.49. The largest absolute Gasteiger partial charge is 0.495 e. The first-order valence-corrected chi connectivity index (χ1v) is 9.90. The van der Waals surface area contributed by atoms with Gasteiger partial charge in [-0.3, -0.25) is 0 Å². The Bertz CT molecular complexity index is 848. The lowest BCUT2D eigenvalue weighted by Crippen LogP contribution is -2.49. The van der Waals surface area contributed by atoms with Gasteiger partial charge in [-0.25, -0.2) is 9.78 Å². The SMILES string of the molecule is CCc1cc(COC(=O)N2CCN(c3ccccc3OC)CC2)c(OC)nc1C. The van der Waals surface area contributed by atoms with E-state index >= 15 is 0 Å². The predicted molar refractivity (Wildman–Crippen MR) is 112 cm³/mol. The summed E-state index contributed by atoms with van der Waals surface area (Å²) in [5, 5.41) is 0. The summed E-state index contributed by atoms with van der Waals surface area (Å²) in [5.74, 6) is 1.35. The molecule has 156 valence electrons. The van der Waals surface area contributed by atoms with Crippen molar-refractivity contribution in [1.29, 1.82) is 0 Å². The Balaban J connectivity index is 1.58. The third-order valence-electron chi connectivity index (χ3n) is 5.25. The maximum Gasteiger partial charge on any atom is 0.410 e. The van der Waals surface area contributed by atoms with Crippen molar-refractivity contribution in [3.05, 3.63) is 47.2 Å². The number of ether oxygens (including phenoxy) is 3. The van der Waals surface area contributed by atoms with E-state index in [2.05, 4.69) is 16.8 Å². The van der Waals surface area contributed by atoms with Crippen LogP contribution in [0.3, 0.4) is 0 Å². The van der Waals surface area contributed by atoms with Gasteiger partial charge in [0, 0.05) is 31.9 Å². The van der Waals surface area contributed by atoms with Crippen LogP contribution in [0.1, 0.15) is 23.7 Å². The zero-order valence-electron chi connectivity index (χ0n) is 17.6. The van der Waals surface area contributed by atoms with Crippen molar-refractivity contribution in [3.63, 3.8) is 0 Å². The number of carbonyl (C=O) groups excluding carboxylic acids is 1. The molecule has 3 rings (SSSR count). The number of hydrogen-bond donors (Lipinski definition) is 0. The molecule has 0 spiro atoms. The molecule has 7 heteroatoms. The van der Waals surface area contributed by atoms with Gasteiger partial charge in [-0.1, -0.05) is 19.1 Å². The van der Waals surface area contributed by atoms with Crippen LogP contribution in [0.2, 0.25) is 0 Å². The first-order valence-electron chi connectivity index (χ1n) is 9.90. The van der Waals surface area contributed by atoms with Crippen LogP contribution in [0, 0.1) is 6.92 Å². The molecule has 0 bridgehead atoms. The number of amides is 1. The maximum atomic E-state index is 12.6. The molecule has 0 saturated carbocycles. The maximum absolute atomic E-state index is 12.6. The smallest absolute Gasteiger partial charge is 0.410 e. The third kappa shape index (κ3) is 4.72. The lowest BCUT2D eigenvalue weighted by molar-refractivity contribution is 0.0933. The molecule has 0 aliphatic carbocycles. The normalized spacial score (nSPS) is 13.9. The molecule has 29 heavy (non-hydrogen) atoms. The van der Waals surface area contributed by atoms with Crippen LogP contribution >= 0.6 is 0 Å². The predicted octanol–water partition coefficient (Wildman–Crippen LogP) is 3.43. The summed E-state index contributed by atoms with van der Waals surface area (Å²) >= 11 is 0. The van der Waals surface area contributed by atoms with Gasteiger partial charge < -0.3 is 24.0 Å². The number of aromatic nitrogens is 1. The zero-order valence-corrected chi connectivity index (χ0v) is 17.6. The van der Waals surface area contributed by atoms with Gasteiger partial charge in [-0.05, 0) is 37.1 Å². The number of carbonyl (C=O) groups is 1. The summed E-state index contributed by atoms with van der Waals surface area (Å²) in [6.45, 7) is 6.83. The minimum Gasteiger partial charge on any atom is -0.495 e. The highest BCUT2D eigenvalue weighted by molar-refractivity contribution is 5.68. The van der Waals surface area contributed by atoms with E-state index in [9.17, 15) is 4.79 Å². The van der Waals surface area contributed by atoms with Gasteiger partial charge in [0.05, 0.1) is 25.5 Å². The van der Waals surface area contributed by atoms with Crippen LogP contribution in [0.15, 0.2) is 30.3 Å². The van der Waals surface area contributed by atoms with E-state index < -0.39 is 0 Å². The molecule has 1 aliphatic heterocycles. The zero-order chi connectivity index (χ0) is 20.8. The summed E-state index contributed by atoms with van der Waals surface area (Å²) in [5.41, 5.74) is 3.90. The highest BCUT2D eigenvalue weighted by atomic mass is 16.6. The van der Waals surface area contributed by atoms with Gasteiger partial charge in [-0.2, -0.15) is 0 Å². The van der Waals surface area contributed by atoms with Gasteiger partial charge in [0.1, 0.15) is 12.4 Å². The molecule has 1 aromatic carbocycles. The van der Waals surface area contributed by atoms with Crippen molar-refractivity contribution in [2.75, 3.05) is 45.3 Å². The second-order valence-corrected chi connectivity index (χ2v) is 6.96. The Morgan fingerprint density at radius 2 is 1.79 bits per heavy atom. The van der Waals surface area contributed by atoms with E-state index in [1.165, 1.54) is 0 Å². The van der Waals surface area contributed by atoms with Crippen molar-refractivity contribution in [2.24, 2.45) is 0 Å². The van der Waals surface area contributed by atoms with Gasteiger partial charge in [-0.15, -0.1) is 0 Å². The molecule has 0 unspecified atom stereocenters. The van der Waals surface area contributed by atoms with Gasteiger partial charge >= 0.3 is 6.09 Å². The number of rotatable bonds is 6. The average Bonchev–Trinajstić information content (AvgIpc) is 2.77.